The third kappa shape index (κ3) is 2.24. The largest absolute Gasteiger partial charge is 0.328 e. The Morgan fingerprint density at radius 2 is 2.24 bits per heavy atom. The normalized spacial score (nSPS) is 10.9. The lowest BCUT2D eigenvalue weighted by molar-refractivity contribution is 0.589. The summed E-state index contributed by atoms with van der Waals surface area (Å²) in [5.41, 5.74) is -0.307. The van der Waals surface area contributed by atoms with Crippen molar-refractivity contribution in [2.75, 3.05) is 0 Å². The maximum atomic E-state index is 12.1. The maximum absolute atomic E-state index is 12.1. The van der Waals surface area contributed by atoms with Gasteiger partial charge in [-0.15, -0.1) is 0 Å². The van der Waals surface area contributed by atoms with Crippen LogP contribution in [0.4, 0.5) is 0 Å². The van der Waals surface area contributed by atoms with E-state index in [2.05, 4.69) is 9.97 Å². The molecule has 5 nitrogen and oxygen atoms in total. The van der Waals surface area contributed by atoms with E-state index in [0.717, 1.165) is 12.8 Å². The van der Waals surface area contributed by atoms with Gasteiger partial charge in [-0.3, -0.25) is 9.36 Å². The summed E-state index contributed by atoms with van der Waals surface area (Å²) in [6.07, 6.45) is 3.10. The minimum absolute atomic E-state index is 0.240. The molecular weight excluding hydrogens is 242 g/mol. The monoisotopic (exact) mass is 253 g/mol. The van der Waals surface area contributed by atoms with Gasteiger partial charge in [0.25, 0.3) is 5.56 Å². The molecule has 0 saturated heterocycles. The van der Waals surface area contributed by atoms with Crippen molar-refractivity contribution in [3.8, 4) is 0 Å². The number of pyridine rings is 1. The molecule has 17 heavy (non-hydrogen) atoms. The fourth-order valence-corrected chi connectivity index (χ4v) is 1.80. The zero-order valence-electron chi connectivity index (χ0n) is 9.36. The summed E-state index contributed by atoms with van der Waals surface area (Å²) in [7, 11) is 0. The first-order chi connectivity index (χ1) is 8.13. The van der Waals surface area contributed by atoms with E-state index in [9.17, 15) is 9.59 Å². The van der Waals surface area contributed by atoms with Crippen LogP contribution < -0.4 is 11.2 Å². The highest BCUT2D eigenvalue weighted by molar-refractivity contribution is 6.30. The van der Waals surface area contributed by atoms with Crippen LogP contribution in [0, 0.1) is 0 Å². The van der Waals surface area contributed by atoms with Crippen molar-refractivity contribution in [1.29, 1.82) is 0 Å². The molecule has 0 unspecified atom stereocenters. The summed E-state index contributed by atoms with van der Waals surface area (Å²) in [6, 6.07) is 1.47. The lowest BCUT2D eigenvalue weighted by atomic mass is 10.3. The number of unbranched alkanes of at least 4 members (excludes halogenated alkanes) is 1. The van der Waals surface area contributed by atoms with Gasteiger partial charge in [0, 0.05) is 6.54 Å². The first-order valence-corrected chi connectivity index (χ1v) is 5.79. The molecule has 2 rings (SSSR count). The molecule has 2 aromatic rings. The van der Waals surface area contributed by atoms with Gasteiger partial charge in [0.1, 0.15) is 5.15 Å². The zero-order chi connectivity index (χ0) is 12.4. The quantitative estimate of drug-likeness (QED) is 0.844. The zero-order valence-corrected chi connectivity index (χ0v) is 10.1. The van der Waals surface area contributed by atoms with E-state index in [1.165, 1.54) is 16.8 Å². The second kappa shape index (κ2) is 4.71. The molecule has 0 amide bonds. The Labute approximate surface area is 102 Å². The average molecular weight is 254 g/mol. The van der Waals surface area contributed by atoms with Gasteiger partial charge in [-0.25, -0.2) is 9.78 Å². The number of rotatable bonds is 3. The third-order valence-corrected chi connectivity index (χ3v) is 2.77. The molecule has 0 fully saturated rings. The smallest absolute Gasteiger partial charge is 0.305 e. The van der Waals surface area contributed by atoms with Crippen LogP contribution in [0.3, 0.4) is 0 Å². The third-order valence-electron chi connectivity index (χ3n) is 2.57. The number of nitrogens with zero attached hydrogens (tertiary/aromatic N) is 2. The van der Waals surface area contributed by atoms with Crippen molar-refractivity contribution < 1.29 is 0 Å². The van der Waals surface area contributed by atoms with Gasteiger partial charge in [-0.05, 0) is 12.5 Å². The number of hydrogen-bond donors (Lipinski definition) is 1. The molecule has 90 valence electrons. The Hall–Kier alpha value is -1.62. The summed E-state index contributed by atoms with van der Waals surface area (Å²) >= 11 is 5.74. The molecular formula is C11H12ClN3O2. The number of aromatic nitrogens is 3. The van der Waals surface area contributed by atoms with Crippen LogP contribution >= 0.6 is 11.6 Å². The number of halogens is 1. The van der Waals surface area contributed by atoms with Crippen LogP contribution in [0.25, 0.3) is 10.9 Å². The van der Waals surface area contributed by atoms with Crippen molar-refractivity contribution >= 4 is 22.5 Å². The fraction of sp³-hybridized carbons (Fsp3) is 0.364. The minimum atomic E-state index is -0.403. The summed E-state index contributed by atoms with van der Waals surface area (Å²) in [5, 5.41) is 0.629. The molecule has 0 saturated carbocycles. The van der Waals surface area contributed by atoms with Gasteiger partial charge >= 0.3 is 5.69 Å². The predicted octanol–water partition coefficient (Wildman–Crippen LogP) is 1.54. The summed E-state index contributed by atoms with van der Waals surface area (Å²) < 4.78 is 1.20. The SMILES string of the molecule is CCCCn1c(=O)[nH]c2cnc(Cl)cc2c1=O. The van der Waals surface area contributed by atoms with Crippen LogP contribution in [0.15, 0.2) is 21.9 Å². The number of H-pyrrole nitrogens is 1. The second-order valence-corrected chi connectivity index (χ2v) is 4.18. The summed E-state index contributed by atoms with van der Waals surface area (Å²) in [5.74, 6) is 0. The highest BCUT2D eigenvalue weighted by Gasteiger charge is 2.07. The van der Waals surface area contributed by atoms with Gasteiger partial charge in [-0.2, -0.15) is 0 Å². The molecule has 0 spiro atoms. The molecule has 0 radical (unpaired) electrons. The Kier molecular flexibility index (Phi) is 3.28. The molecule has 0 bridgehead atoms. The molecule has 2 aromatic heterocycles. The Balaban J connectivity index is 2.69. The first-order valence-electron chi connectivity index (χ1n) is 5.42. The fourth-order valence-electron chi connectivity index (χ4n) is 1.65. The number of hydrogen-bond acceptors (Lipinski definition) is 3. The number of aromatic amines is 1. The molecule has 0 aromatic carbocycles. The van der Waals surface area contributed by atoms with E-state index >= 15 is 0 Å². The lowest BCUT2D eigenvalue weighted by Gasteiger charge is -2.05. The first kappa shape index (κ1) is 11.9. The molecule has 2 heterocycles. The Morgan fingerprint density at radius 3 is 2.94 bits per heavy atom. The average Bonchev–Trinajstić information content (AvgIpc) is 2.30. The van der Waals surface area contributed by atoms with Crippen molar-refractivity contribution in [2.24, 2.45) is 0 Å². The van der Waals surface area contributed by atoms with E-state index < -0.39 is 5.69 Å². The molecule has 0 atom stereocenters. The van der Waals surface area contributed by atoms with E-state index in [0.29, 0.717) is 17.4 Å². The van der Waals surface area contributed by atoms with E-state index in [4.69, 9.17) is 11.6 Å². The topological polar surface area (TPSA) is 67.8 Å². The maximum Gasteiger partial charge on any atom is 0.328 e. The van der Waals surface area contributed by atoms with Gasteiger partial charge in [-0.1, -0.05) is 24.9 Å². The minimum Gasteiger partial charge on any atom is -0.305 e. The summed E-state index contributed by atoms with van der Waals surface area (Å²) in [4.78, 5) is 30.2. The van der Waals surface area contributed by atoms with Gasteiger partial charge in [0.15, 0.2) is 0 Å². The highest BCUT2D eigenvalue weighted by atomic mass is 35.5. The lowest BCUT2D eigenvalue weighted by Crippen LogP contribution is -2.35. The van der Waals surface area contributed by atoms with Crippen LogP contribution in [0.5, 0.6) is 0 Å². The van der Waals surface area contributed by atoms with Crippen LogP contribution in [0.1, 0.15) is 19.8 Å². The van der Waals surface area contributed by atoms with Crippen LogP contribution in [0.2, 0.25) is 5.15 Å². The molecule has 0 aliphatic heterocycles. The van der Waals surface area contributed by atoms with Crippen molar-refractivity contribution in [3.63, 3.8) is 0 Å². The van der Waals surface area contributed by atoms with E-state index in [-0.39, 0.29) is 10.7 Å². The van der Waals surface area contributed by atoms with Gasteiger partial charge < -0.3 is 4.98 Å². The molecule has 0 aliphatic rings. The van der Waals surface area contributed by atoms with E-state index in [1.807, 2.05) is 6.92 Å². The Bertz CT molecular complexity index is 660. The van der Waals surface area contributed by atoms with Crippen molar-refractivity contribution in [3.05, 3.63) is 38.3 Å². The molecule has 0 aliphatic carbocycles. The Morgan fingerprint density at radius 1 is 1.47 bits per heavy atom. The van der Waals surface area contributed by atoms with Gasteiger partial charge in [0.2, 0.25) is 0 Å². The second-order valence-electron chi connectivity index (χ2n) is 3.79. The van der Waals surface area contributed by atoms with Crippen molar-refractivity contribution in [2.45, 2.75) is 26.3 Å². The van der Waals surface area contributed by atoms with Crippen LogP contribution in [-0.4, -0.2) is 14.5 Å². The number of fused-ring (bicyclic) bond motifs is 1. The molecule has 6 heteroatoms. The molecule has 1 N–H and O–H groups in total. The highest BCUT2D eigenvalue weighted by Crippen LogP contribution is 2.09. The van der Waals surface area contributed by atoms with Crippen molar-refractivity contribution in [1.82, 2.24) is 14.5 Å². The summed E-state index contributed by atoms with van der Waals surface area (Å²) in [6.45, 7) is 2.42. The van der Waals surface area contributed by atoms with E-state index in [1.54, 1.807) is 0 Å². The predicted molar refractivity (Wildman–Crippen MR) is 66.5 cm³/mol. The van der Waals surface area contributed by atoms with Gasteiger partial charge in [0.05, 0.1) is 17.1 Å². The number of nitrogens with one attached hydrogen (secondary N) is 1. The van der Waals surface area contributed by atoms with Crippen LogP contribution in [-0.2, 0) is 6.54 Å². The standard InChI is InChI=1S/C11H12ClN3O2/c1-2-3-4-15-10(16)7-5-9(12)13-6-8(7)14-11(15)17/h5-6H,2-4H2,1H3,(H,14,17).